The molecule has 0 fully saturated rings. The van der Waals surface area contributed by atoms with Gasteiger partial charge in [0.15, 0.2) is 5.76 Å². The van der Waals surface area contributed by atoms with E-state index in [4.69, 9.17) is 4.52 Å². The average Bonchev–Trinajstić information content (AvgIpc) is 2.99. The molecular formula is C18H18N4O2. The van der Waals surface area contributed by atoms with E-state index >= 15 is 0 Å². The molecule has 0 atom stereocenters. The van der Waals surface area contributed by atoms with Gasteiger partial charge in [-0.25, -0.2) is 4.79 Å². The molecule has 0 radical (unpaired) electrons. The highest BCUT2D eigenvalue weighted by atomic mass is 16.5. The highest BCUT2D eigenvalue weighted by Crippen LogP contribution is 2.21. The van der Waals surface area contributed by atoms with Crippen LogP contribution in [-0.2, 0) is 6.54 Å². The number of hydrogen-bond donors (Lipinski definition) is 2. The van der Waals surface area contributed by atoms with E-state index in [9.17, 15) is 4.79 Å². The van der Waals surface area contributed by atoms with Gasteiger partial charge in [0, 0.05) is 23.6 Å². The Kier molecular flexibility index (Phi) is 4.56. The molecule has 0 aliphatic rings. The number of urea groups is 1. The second kappa shape index (κ2) is 6.95. The van der Waals surface area contributed by atoms with Crippen molar-refractivity contribution >= 4 is 11.7 Å². The van der Waals surface area contributed by atoms with E-state index in [1.165, 1.54) is 0 Å². The quantitative estimate of drug-likeness (QED) is 0.768. The Morgan fingerprint density at radius 2 is 1.83 bits per heavy atom. The molecule has 0 bridgehead atoms. The van der Waals surface area contributed by atoms with Crippen molar-refractivity contribution in [2.24, 2.45) is 0 Å². The van der Waals surface area contributed by atoms with Gasteiger partial charge < -0.3 is 15.2 Å². The SMILES string of the molecule is Cc1cc(-c2ccc(NC(=O)NCc3cc(C)no3)cc2)ccn1. The third-order valence-corrected chi connectivity index (χ3v) is 3.47. The Labute approximate surface area is 139 Å². The molecule has 0 saturated carbocycles. The molecular weight excluding hydrogens is 304 g/mol. The van der Waals surface area contributed by atoms with Crippen molar-refractivity contribution in [3.63, 3.8) is 0 Å². The number of amides is 2. The van der Waals surface area contributed by atoms with Crippen LogP contribution in [0, 0.1) is 13.8 Å². The number of rotatable bonds is 4. The molecule has 0 spiro atoms. The van der Waals surface area contributed by atoms with Crippen molar-refractivity contribution in [1.82, 2.24) is 15.5 Å². The summed E-state index contributed by atoms with van der Waals surface area (Å²) in [4.78, 5) is 16.1. The minimum atomic E-state index is -0.295. The van der Waals surface area contributed by atoms with Crippen LogP contribution < -0.4 is 10.6 Å². The van der Waals surface area contributed by atoms with E-state index < -0.39 is 0 Å². The standard InChI is InChI=1S/C18H18N4O2/c1-12-9-15(7-8-19-12)14-3-5-16(6-4-14)21-18(23)20-11-17-10-13(2)22-24-17/h3-10H,11H2,1-2H3,(H2,20,21,23). The summed E-state index contributed by atoms with van der Waals surface area (Å²) in [6, 6.07) is 13.1. The largest absolute Gasteiger partial charge is 0.359 e. The predicted octanol–water partition coefficient (Wildman–Crippen LogP) is 3.68. The molecule has 1 aromatic carbocycles. The Morgan fingerprint density at radius 1 is 1.04 bits per heavy atom. The van der Waals surface area contributed by atoms with E-state index in [0.29, 0.717) is 12.3 Å². The molecule has 3 rings (SSSR count). The van der Waals surface area contributed by atoms with Gasteiger partial charge in [0.2, 0.25) is 0 Å². The summed E-state index contributed by atoms with van der Waals surface area (Å²) in [6.45, 7) is 4.08. The number of benzene rings is 1. The first kappa shape index (κ1) is 15.7. The molecule has 0 unspecified atom stereocenters. The van der Waals surface area contributed by atoms with Crippen molar-refractivity contribution in [1.29, 1.82) is 0 Å². The molecule has 2 heterocycles. The fourth-order valence-electron chi connectivity index (χ4n) is 2.31. The third-order valence-electron chi connectivity index (χ3n) is 3.47. The molecule has 0 aliphatic heterocycles. The fourth-order valence-corrected chi connectivity index (χ4v) is 2.31. The first-order valence-corrected chi connectivity index (χ1v) is 7.60. The third kappa shape index (κ3) is 3.98. The zero-order valence-corrected chi connectivity index (χ0v) is 13.5. The lowest BCUT2D eigenvalue weighted by Gasteiger charge is -2.08. The number of pyridine rings is 1. The van der Waals surface area contributed by atoms with Gasteiger partial charge in [0.1, 0.15) is 0 Å². The minimum Gasteiger partial charge on any atom is -0.359 e. The summed E-state index contributed by atoms with van der Waals surface area (Å²) in [7, 11) is 0. The maximum atomic E-state index is 11.9. The number of carbonyl (C=O) groups excluding carboxylic acids is 1. The van der Waals surface area contributed by atoms with Gasteiger partial charge in [-0.2, -0.15) is 0 Å². The lowest BCUT2D eigenvalue weighted by molar-refractivity contribution is 0.250. The number of aromatic nitrogens is 2. The molecule has 3 aromatic rings. The lowest BCUT2D eigenvalue weighted by Crippen LogP contribution is -2.27. The Bertz CT molecular complexity index is 840. The Hall–Kier alpha value is -3.15. The van der Waals surface area contributed by atoms with Crippen LogP contribution in [0.1, 0.15) is 17.1 Å². The Balaban J connectivity index is 1.58. The maximum absolute atomic E-state index is 11.9. The predicted molar refractivity (Wildman–Crippen MR) is 91.5 cm³/mol. The summed E-state index contributed by atoms with van der Waals surface area (Å²) in [5.41, 5.74) is 4.64. The number of hydrogen-bond acceptors (Lipinski definition) is 4. The minimum absolute atomic E-state index is 0.293. The van der Waals surface area contributed by atoms with Crippen LogP contribution in [-0.4, -0.2) is 16.2 Å². The zero-order chi connectivity index (χ0) is 16.9. The Morgan fingerprint density at radius 3 is 2.50 bits per heavy atom. The number of anilines is 1. The van der Waals surface area contributed by atoms with Gasteiger partial charge in [0.05, 0.1) is 12.2 Å². The van der Waals surface area contributed by atoms with Crippen LogP contribution in [0.4, 0.5) is 10.5 Å². The summed E-state index contributed by atoms with van der Waals surface area (Å²) in [6.07, 6.45) is 1.79. The summed E-state index contributed by atoms with van der Waals surface area (Å²) in [5, 5.41) is 9.28. The smallest absolute Gasteiger partial charge is 0.319 e. The molecule has 2 aromatic heterocycles. The summed E-state index contributed by atoms with van der Waals surface area (Å²) >= 11 is 0. The molecule has 2 N–H and O–H groups in total. The number of nitrogens with one attached hydrogen (secondary N) is 2. The van der Waals surface area contributed by atoms with Crippen molar-refractivity contribution in [3.8, 4) is 11.1 Å². The lowest BCUT2D eigenvalue weighted by atomic mass is 10.1. The van der Waals surface area contributed by atoms with Crippen molar-refractivity contribution in [2.75, 3.05) is 5.32 Å². The van der Waals surface area contributed by atoms with Crippen LogP contribution in [0.2, 0.25) is 0 Å². The van der Waals surface area contributed by atoms with Crippen LogP contribution >= 0.6 is 0 Å². The van der Waals surface area contributed by atoms with E-state index in [1.54, 1.807) is 12.3 Å². The van der Waals surface area contributed by atoms with E-state index in [1.807, 2.05) is 50.2 Å². The molecule has 6 nitrogen and oxygen atoms in total. The number of aryl methyl sites for hydroxylation is 2. The topological polar surface area (TPSA) is 80.0 Å². The number of nitrogens with zero attached hydrogens (tertiary/aromatic N) is 2. The molecule has 24 heavy (non-hydrogen) atoms. The van der Waals surface area contributed by atoms with Crippen LogP contribution in [0.25, 0.3) is 11.1 Å². The van der Waals surface area contributed by atoms with Gasteiger partial charge >= 0.3 is 6.03 Å². The van der Waals surface area contributed by atoms with E-state index in [2.05, 4.69) is 20.8 Å². The maximum Gasteiger partial charge on any atom is 0.319 e. The number of carbonyl (C=O) groups is 1. The van der Waals surface area contributed by atoms with E-state index in [0.717, 1.165) is 28.2 Å². The molecule has 0 aliphatic carbocycles. The van der Waals surface area contributed by atoms with Crippen LogP contribution in [0.3, 0.4) is 0 Å². The van der Waals surface area contributed by atoms with Crippen molar-refractivity contribution in [2.45, 2.75) is 20.4 Å². The molecule has 6 heteroatoms. The summed E-state index contributed by atoms with van der Waals surface area (Å²) in [5.74, 6) is 0.617. The van der Waals surface area contributed by atoms with Gasteiger partial charge in [-0.05, 0) is 49.2 Å². The highest BCUT2D eigenvalue weighted by Gasteiger charge is 2.05. The van der Waals surface area contributed by atoms with Gasteiger partial charge in [-0.3, -0.25) is 4.98 Å². The molecule has 2 amide bonds. The van der Waals surface area contributed by atoms with Crippen LogP contribution in [0.5, 0.6) is 0 Å². The van der Waals surface area contributed by atoms with Gasteiger partial charge in [0.25, 0.3) is 0 Å². The van der Waals surface area contributed by atoms with Crippen molar-refractivity contribution < 1.29 is 9.32 Å². The van der Waals surface area contributed by atoms with Gasteiger partial charge in [-0.1, -0.05) is 17.3 Å². The fraction of sp³-hybridized carbons (Fsp3) is 0.167. The molecule has 122 valence electrons. The average molecular weight is 322 g/mol. The van der Waals surface area contributed by atoms with E-state index in [-0.39, 0.29) is 6.03 Å². The normalized spacial score (nSPS) is 10.4. The summed E-state index contributed by atoms with van der Waals surface area (Å²) < 4.78 is 5.04. The highest BCUT2D eigenvalue weighted by molar-refractivity contribution is 5.89. The second-order valence-electron chi connectivity index (χ2n) is 5.51. The second-order valence-corrected chi connectivity index (χ2v) is 5.51. The monoisotopic (exact) mass is 322 g/mol. The van der Waals surface area contributed by atoms with Crippen molar-refractivity contribution in [3.05, 3.63) is 65.8 Å². The zero-order valence-electron chi connectivity index (χ0n) is 13.5. The van der Waals surface area contributed by atoms with Gasteiger partial charge in [-0.15, -0.1) is 0 Å². The first-order chi connectivity index (χ1) is 11.6. The first-order valence-electron chi connectivity index (χ1n) is 7.60. The van der Waals surface area contributed by atoms with Crippen LogP contribution in [0.15, 0.2) is 53.2 Å². The molecule has 0 saturated heterocycles.